The highest BCUT2D eigenvalue weighted by Gasteiger charge is 2.15. The van der Waals surface area contributed by atoms with Crippen molar-refractivity contribution in [3.63, 3.8) is 0 Å². The highest BCUT2D eigenvalue weighted by atomic mass is 14.8. The van der Waals surface area contributed by atoms with Gasteiger partial charge in [-0.25, -0.2) is 4.98 Å². The van der Waals surface area contributed by atoms with Gasteiger partial charge < -0.3 is 0 Å². The summed E-state index contributed by atoms with van der Waals surface area (Å²) in [5.41, 5.74) is 14.6. The SMILES string of the molecule is N#Cc1cc(-c2ccc(-c3ccccn3)cc2)cc(-c2ccc(-c3ccc(-c4cc(C5=CCCC=N5)nc(-c5ccccn5)c4)cc3)c3ccccc23)c1. The molecular formula is C49H33N5. The maximum atomic E-state index is 10.1. The molecule has 5 heteroatoms. The Morgan fingerprint density at radius 3 is 1.65 bits per heavy atom. The van der Waals surface area contributed by atoms with Gasteiger partial charge in [0.05, 0.1) is 40.1 Å². The Kier molecular flexibility index (Phi) is 8.68. The van der Waals surface area contributed by atoms with E-state index in [-0.39, 0.29) is 0 Å². The van der Waals surface area contributed by atoms with Crippen LogP contribution in [0.3, 0.4) is 0 Å². The molecule has 0 spiro atoms. The van der Waals surface area contributed by atoms with E-state index >= 15 is 0 Å². The quantitative estimate of drug-likeness (QED) is 0.167. The number of nitriles is 1. The van der Waals surface area contributed by atoms with Crippen LogP contribution in [0.1, 0.15) is 24.1 Å². The lowest BCUT2D eigenvalue weighted by molar-refractivity contribution is 1.08. The number of aromatic nitrogens is 3. The predicted molar refractivity (Wildman–Crippen MR) is 220 cm³/mol. The van der Waals surface area contributed by atoms with Gasteiger partial charge >= 0.3 is 0 Å². The van der Waals surface area contributed by atoms with E-state index in [2.05, 4.69) is 130 Å². The second-order valence-electron chi connectivity index (χ2n) is 13.3. The Bertz CT molecular complexity index is 2740. The van der Waals surface area contributed by atoms with Crippen molar-refractivity contribution < 1.29 is 0 Å². The third-order valence-corrected chi connectivity index (χ3v) is 9.88. The number of aliphatic imine (C=N–C) groups is 1. The van der Waals surface area contributed by atoms with E-state index in [0.717, 1.165) is 102 Å². The topological polar surface area (TPSA) is 74.8 Å². The molecule has 4 heterocycles. The van der Waals surface area contributed by atoms with Crippen molar-refractivity contribution in [2.45, 2.75) is 12.8 Å². The second-order valence-corrected chi connectivity index (χ2v) is 13.3. The minimum absolute atomic E-state index is 0.622. The smallest absolute Gasteiger partial charge is 0.0992 e. The molecule has 3 aromatic heterocycles. The number of fused-ring (bicyclic) bond motifs is 1. The van der Waals surface area contributed by atoms with E-state index < -0.39 is 0 Å². The molecule has 0 saturated heterocycles. The summed E-state index contributed by atoms with van der Waals surface area (Å²) in [7, 11) is 0. The molecule has 5 nitrogen and oxygen atoms in total. The van der Waals surface area contributed by atoms with E-state index in [4.69, 9.17) is 4.98 Å². The van der Waals surface area contributed by atoms with Crippen molar-refractivity contribution in [3.8, 4) is 73.2 Å². The van der Waals surface area contributed by atoms with Crippen molar-refractivity contribution in [1.29, 1.82) is 5.26 Å². The van der Waals surface area contributed by atoms with Crippen molar-refractivity contribution in [2.75, 3.05) is 0 Å². The summed E-state index contributed by atoms with van der Waals surface area (Å²) in [6.07, 6.45) is 9.63. The molecule has 0 saturated carbocycles. The summed E-state index contributed by atoms with van der Waals surface area (Å²) in [4.78, 5) is 18.7. The molecule has 0 N–H and O–H groups in total. The summed E-state index contributed by atoms with van der Waals surface area (Å²) < 4.78 is 0. The zero-order valence-corrected chi connectivity index (χ0v) is 29.4. The maximum Gasteiger partial charge on any atom is 0.0992 e. The molecule has 9 rings (SSSR count). The van der Waals surface area contributed by atoms with E-state index in [0.29, 0.717) is 5.56 Å². The van der Waals surface area contributed by atoms with Crippen LogP contribution in [0.25, 0.3) is 83.6 Å². The fourth-order valence-electron chi connectivity index (χ4n) is 7.18. The number of allylic oxidation sites excluding steroid dienone is 1. The number of hydrogen-bond donors (Lipinski definition) is 0. The van der Waals surface area contributed by atoms with Crippen molar-refractivity contribution in [2.24, 2.45) is 4.99 Å². The molecule has 1 aliphatic heterocycles. The average Bonchev–Trinajstić information content (AvgIpc) is 3.26. The van der Waals surface area contributed by atoms with Gasteiger partial charge in [-0.1, -0.05) is 103 Å². The van der Waals surface area contributed by atoms with E-state index in [1.165, 1.54) is 0 Å². The lowest BCUT2D eigenvalue weighted by Gasteiger charge is -2.15. The Hall–Kier alpha value is -7.29. The highest BCUT2D eigenvalue weighted by Crippen LogP contribution is 2.39. The summed E-state index contributed by atoms with van der Waals surface area (Å²) in [6, 6.07) is 54.6. The number of rotatable bonds is 7. The number of nitrogens with zero attached hydrogens (tertiary/aromatic N) is 5. The maximum absolute atomic E-state index is 10.1. The minimum atomic E-state index is 0.622. The van der Waals surface area contributed by atoms with Gasteiger partial charge in [0.15, 0.2) is 0 Å². The zero-order valence-electron chi connectivity index (χ0n) is 29.4. The molecule has 0 bridgehead atoms. The van der Waals surface area contributed by atoms with Crippen LogP contribution in [0.2, 0.25) is 0 Å². The first-order valence-electron chi connectivity index (χ1n) is 18.1. The van der Waals surface area contributed by atoms with Gasteiger partial charge in [-0.05, 0) is 123 Å². The van der Waals surface area contributed by atoms with Crippen LogP contribution in [-0.2, 0) is 0 Å². The van der Waals surface area contributed by atoms with Crippen molar-refractivity contribution in [1.82, 2.24) is 15.0 Å². The van der Waals surface area contributed by atoms with E-state index in [1.54, 1.807) is 12.4 Å². The fraction of sp³-hybridized carbons (Fsp3) is 0.0408. The Labute approximate surface area is 314 Å². The first kappa shape index (κ1) is 32.6. The molecule has 8 aromatic rings. The molecule has 54 heavy (non-hydrogen) atoms. The summed E-state index contributed by atoms with van der Waals surface area (Å²) in [5.74, 6) is 0. The predicted octanol–water partition coefficient (Wildman–Crippen LogP) is 12.1. The molecule has 0 atom stereocenters. The Balaban J connectivity index is 1.07. The molecule has 0 unspecified atom stereocenters. The van der Waals surface area contributed by atoms with Gasteiger partial charge in [0.2, 0.25) is 0 Å². The van der Waals surface area contributed by atoms with E-state index in [1.807, 2.05) is 54.7 Å². The molecular weight excluding hydrogens is 659 g/mol. The Morgan fingerprint density at radius 1 is 0.444 bits per heavy atom. The van der Waals surface area contributed by atoms with Crippen LogP contribution in [0.4, 0.5) is 0 Å². The van der Waals surface area contributed by atoms with Gasteiger partial charge in [-0.15, -0.1) is 0 Å². The first-order chi connectivity index (χ1) is 26.7. The third kappa shape index (κ3) is 6.49. The van der Waals surface area contributed by atoms with E-state index in [9.17, 15) is 5.26 Å². The largest absolute Gasteiger partial charge is 0.259 e. The van der Waals surface area contributed by atoms with Gasteiger partial charge in [0, 0.05) is 24.2 Å². The van der Waals surface area contributed by atoms with Crippen LogP contribution in [-0.4, -0.2) is 21.2 Å². The molecule has 5 aromatic carbocycles. The fourth-order valence-corrected chi connectivity index (χ4v) is 7.18. The molecule has 0 aliphatic carbocycles. The third-order valence-electron chi connectivity index (χ3n) is 9.88. The highest BCUT2D eigenvalue weighted by molar-refractivity contribution is 6.05. The second kappa shape index (κ2) is 14.4. The number of hydrogen-bond acceptors (Lipinski definition) is 5. The van der Waals surface area contributed by atoms with Crippen LogP contribution in [0.5, 0.6) is 0 Å². The van der Waals surface area contributed by atoms with Crippen molar-refractivity contribution in [3.05, 3.63) is 181 Å². The molecule has 0 fully saturated rings. The zero-order chi connectivity index (χ0) is 36.3. The number of pyridine rings is 3. The van der Waals surface area contributed by atoms with Gasteiger partial charge in [0.1, 0.15) is 0 Å². The Morgan fingerprint density at radius 2 is 1.02 bits per heavy atom. The molecule has 0 amide bonds. The lowest BCUT2D eigenvalue weighted by Crippen LogP contribution is -1.97. The normalized spacial score (nSPS) is 12.3. The van der Waals surface area contributed by atoms with Crippen LogP contribution in [0, 0.1) is 11.3 Å². The molecule has 254 valence electrons. The van der Waals surface area contributed by atoms with Crippen LogP contribution in [0.15, 0.2) is 175 Å². The van der Waals surface area contributed by atoms with Gasteiger partial charge in [0.25, 0.3) is 0 Å². The monoisotopic (exact) mass is 691 g/mol. The molecule has 1 aliphatic rings. The van der Waals surface area contributed by atoms with Gasteiger partial charge in [-0.3, -0.25) is 15.0 Å². The summed E-state index contributed by atoms with van der Waals surface area (Å²) >= 11 is 0. The average molecular weight is 692 g/mol. The minimum Gasteiger partial charge on any atom is -0.259 e. The first-order valence-corrected chi connectivity index (χ1v) is 18.1. The van der Waals surface area contributed by atoms with Crippen molar-refractivity contribution >= 4 is 22.7 Å². The van der Waals surface area contributed by atoms with Crippen LogP contribution >= 0.6 is 0 Å². The molecule has 0 radical (unpaired) electrons. The van der Waals surface area contributed by atoms with Crippen LogP contribution < -0.4 is 0 Å². The lowest BCUT2D eigenvalue weighted by atomic mass is 9.89. The summed E-state index contributed by atoms with van der Waals surface area (Å²) in [6.45, 7) is 0. The number of benzene rings is 5. The standard InChI is InChI=1S/C49H33N5/c50-32-33-27-38(34-16-20-37(21-17-34)45-11-3-6-24-51-45)29-40(28-33)42-23-22-41(43-9-1-2-10-44(42)43)36-18-14-35(15-19-36)39-30-48(46-12-4-7-25-52-46)54-49(31-39)47-13-5-8-26-53-47/h1-4,6-7,9-31H,5,8H2. The van der Waals surface area contributed by atoms with Gasteiger partial charge in [-0.2, -0.15) is 5.26 Å². The summed E-state index contributed by atoms with van der Waals surface area (Å²) in [5, 5.41) is 12.3.